The lowest BCUT2D eigenvalue weighted by Gasteiger charge is -2.02. The second-order valence-corrected chi connectivity index (χ2v) is 2.93. The van der Waals surface area contributed by atoms with Crippen molar-refractivity contribution in [3.8, 4) is 0 Å². The second kappa shape index (κ2) is 1.92. The molecule has 1 atom stereocenters. The van der Waals surface area contributed by atoms with Gasteiger partial charge in [-0.25, -0.2) is 0 Å². The van der Waals surface area contributed by atoms with Crippen LogP contribution in [0, 0.1) is 0 Å². The van der Waals surface area contributed by atoms with Gasteiger partial charge in [0.1, 0.15) is 0 Å². The fourth-order valence-corrected chi connectivity index (χ4v) is 0.805. The van der Waals surface area contributed by atoms with Crippen LogP contribution in [0.2, 0.25) is 0 Å². The zero-order chi connectivity index (χ0) is 6.20. The highest BCUT2D eigenvalue weighted by Gasteiger charge is 2.35. The summed E-state index contributed by atoms with van der Waals surface area (Å²) in [4.78, 5) is -2.73. The first-order valence-electron chi connectivity index (χ1n) is 2.26. The standard InChI is InChI=1S/C4H5BrF2O/c5-4(6,7)1-3-2-8-3/h3H,1-2H2. The van der Waals surface area contributed by atoms with Crippen LogP contribution in [0.25, 0.3) is 0 Å². The topological polar surface area (TPSA) is 12.5 Å². The van der Waals surface area contributed by atoms with Gasteiger partial charge in [-0.1, -0.05) is 0 Å². The zero-order valence-corrected chi connectivity index (χ0v) is 5.62. The summed E-state index contributed by atoms with van der Waals surface area (Å²) in [6.45, 7) is 0.487. The van der Waals surface area contributed by atoms with Gasteiger partial charge in [-0.3, -0.25) is 0 Å². The molecule has 0 N–H and O–H groups in total. The molecule has 0 aromatic carbocycles. The minimum absolute atomic E-state index is 0.201. The van der Waals surface area contributed by atoms with Crippen LogP contribution in [0.4, 0.5) is 8.78 Å². The van der Waals surface area contributed by atoms with E-state index in [0.717, 1.165) is 0 Å². The number of rotatable bonds is 2. The molecule has 1 aliphatic heterocycles. The average molecular weight is 187 g/mol. The first kappa shape index (κ1) is 6.42. The average Bonchev–Trinajstić information content (AvgIpc) is 2.12. The van der Waals surface area contributed by atoms with Crippen LogP contribution in [-0.2, 0) is 4.74 Å². The van der Waals surface area contributed by atoms with Crippen molar-refractivity contribution in [3.63, 3.8) is 0 Å². The Morgan fingerprint density at radius 1 is 1.75 bits per heavy atom. The van der Waals surface area contributed by atoms with Gasteiger partial charge in [0.2, 0.25) is 0 Å². The van der Waals surface area contributed by atoms with Gasteiger partial charge in [0.05, 0.1) is 19.1 Å². The summed E-state index contributed by atoms with van der Waals surface area (Å²) in [5, 5.41) is 0. The largest absolute Gasteiger partial charge is 0.373 e. The molecule has 1 rings (SSSR count). The van der Waals surface area contributed by atoms with E-state index in [2.05, 4.69) is 20.7 Å². The predicted octanol–water partition coefficient (Wildman–Crippen LogP) is 1.76. The van der Waals surface area contributed by atoms with Gasteiger partial charge >= 0.3 is 4.83 Å². The van der Waals surface area contributed by atoms with E-state index < -0.39 is 4.83 Å². The lowest BCUT2D eigenvalue weighted by atomic mass is 10.3. The molecule has 4 heteroatoms. The zero-order valence-electron chi connectivity index (χ0n) is 4.03. The molecular weight excluding hydrogens is 182 g/mol. The SMILES string of the molecule is FC(F)(Br)CC1CO1. The number of ether oxygens (including phenoxy) is 1. The van der Waals surface area contributed by atoms with Crippen LogP contribution >= 0.6 is 15.9 Å². The van der Waals surface area contributed by atoms with E-state index >= 15 is 0 Å². The van der Waals surface area contributed by atoms with E-state index in [4.69, 9.17) is 0 Å². The lowest BCUT2D eigenvalue weighted by molar-refractivity contribution is 0.0938. The summed E-state index contributed by atoms with van der Waals surface area (Å²) in [6, 6.07) is 0. The molecule has 0 bridgehead atoms. The summed E-state index contributed by atoms with van der Waals surface area (Å²) in [5.74, 6) is 0. The van der Waals surface area contributed by atoms with E-state index in [1.165, 1.54) is 0 Å². The van der Waals surface area contributed by atoms with Crippen LogP contribution in [0.15, 0.2) is 0 Å². The third kappa shape index (κ3) is 2.57. The summed E-state index contributed by atoms with van der Waals surface area (Å²) in [7, 11) is 0. The Morgan fingerprint density at radius 2 is 2.25 bits per heavy atom. The maximum Gasteiger partial charge on any atom is 0.304 e. The molecule has 0 spiro atoms. The van der Waals surface area contributed by atoms with Gasteiger partial charge in [0, 0.05) is 0 Å². The van der Waals surface area contributed by atoms with Crippen molar-refractivity contribution >= 4 is 15.9 Å². The fraction of sp³-hybridized carbons (Fsp3) is 1.00. The molecule has 0 aromatic heterocycles. The normalized spacial score (nSPS) is 28.1. The molecule has 1 nitrogen and oxygen atoms in total. The molecule has 0 aliphatic carbocycles. The molecule has 1 saturated heterocycles. The minimum atomic E-state index is -2.73. The quantitative estimate of drug-likeness (QED) is 0.474. The van der Waals surface area contributed by atoms with Crippen molar-refractivity contribution in [2.24, 2.45) is 0 Å². The summed E-state index contributed by atoms with van der Waals surface area (Å²) < 4.78 is 28.3. The van der Waals surface area contributed by atoms with E-state index in [0.29, 0.717) is 6.61 Å². The van der Waals surface area contributed by atoms with Crippen molar-refractivity contribution in [1.82, 2.24) is 0 Å². The van der Waals surface area contributed by atoms with Crippen LogP contribution < -0.4 is 0 Å². The van der Waals surface area contributed by atoms with Crippen LogP contribution in [0.3, 0.4) is 0 Å². The van der Waals surface area contributed by atoms with Crippen LogP contribution in [-0.4, -0.2) is 17.5 Å². The van der Waals surface area contributed by atoms with E-state index in [9.17, 15) is 8.78 Å². The highest BCUT2D eigenvalue weighted by Crippen LogP contribution is 2.32. The third-order valence-electron chi connectivity index (χ3n) is 0.861. The number of hydrogen-bond acceptors (Lipinski definition) is 1. The van der Waals surface area contributed by atoms with Crippen molar-refractivity contribution in [1.29, 1.82) is 0 Å². The molecule has 0 saturated carbocycles. The van der Waals surface area contributed by atoms with Crippen molar-refractivity contribution in [2.45, 2.75) is 17.4 Å². The number of hydrogen-bond donors (Lipinski definition) is 0. The molecule has 1 aliphatic rings. The Labute approximate surface area is 54.1 Å². The summed E-state index contributed by atoms with van der Waals surface area (Å²) in [6.07, 6.45) is -0.406. The molecule has 48 valence electrons. The van der Waals surface area contributed by atoms with Crippen LogP contribution in [0.5, 0.6) is 0 Å². The smallest absolute Gasteiger partial charge is 0.304 e. The Hall–Kier alpha value is 0.300. The van der Waals surface area contributed by atoms with E-state index in [-0.39, 0.29) is 12.5 Å². The van der Waals surface area contributed by atoms with Gasteiger partial charge < -0.3 is 4.74 Å². The molecule has 1 heterocycles. The van der Waals surface area contributed by atoms with Crippen molar-refractivity contribution in [3.05, 3.63) is 0 Å². The Morgan fingerprint density at radius 3 is 2.38 bits per heavy atom. The van der Waals surface area contributed by atoms with E-state index in [1.807, 2.05) is 0 Å². The highest BCUT2D eigenvalue weighted by molar-refractivity contribution is 9.09. The van der Waals surface area contributed by atoms with Crippen molar-refractivity contribution in [2.75, 3.05) is 6.61 Å². The van der Waals surface area contributed by atoms with Gasteiger partial charge in [0.15, 0.2) is 0 Å². The van der Waals surface area contributed by atoms with Gasteiger partial charge in [-0.2, -0.15) is 8.78 Å². The fourth-order valence-electron chi connectivity index (χ4n) is 0.444. The van der Waals surface area contributed by atoms with Crippen LogP contribution in [0.1, 0.15) is 6.42 Å². The van der Waals surface area contributed by atoms with Crippen molar-refractivity contribution < 1.29 is 13.5 Å². The van der Waals surface area contributed by atoms with Gasteiger partial charge in [-0.05, 0) is 15.9 Å². The molecule has 0 aromatic rings. The maximum absolute atomic E-state index is 11.8. The first-order valence-corrected chi connectivity index (χ1v) is 3.05. The first-order chi connectivity index (χ1) is 3.58. The molecular formula is C4H5BrF2O. The maximum atomic E-state index is 11.8. The lowest BCUT2D eigenvalue weighted by Crippen LogP contribution is -2.07. The Kier molecular flexibility index (Phi) is 1.54. The number of epoxide rings is 1. The second-order valence-electron chi connectivity index (χ2n) is 1.77. The monoisotopic (exact) mass is 186 g/mol. The predicted molar refractivity (Wildman–Crippen MR) is 28.2 cm³/mol. The Bertz CT molecular complexity index is 86.5. The molecule has 0 amide bonds. The number of alkyl halides is 3. The van der Waals surface area contributed by atoms with E-state index in [1.54, 1.807) is 0 Å². The molecule has 1 fully saturated rings. The highest BCUT2D eigenvalue weighted by atomic mass is 79.9. The summed E-state index contributed by atoms with van der Waals surface area (Å²) in [5.41, 5.74) is 0. The Balaban J connectivity index is 2.16. The molecule has 0 radical (unpaired) electrons. The number of halogens is 3. The third-order valence-corrected chi connectivity index (χ3v) is 1.19. The van der Waals surface area contributed by atoms with Gasteiger partial charge in [0.25, 0.3) is 0 Å². The summed E-state index contributed by atoms with van der Waals surface area (Å²) >= 11 is 2.21. The molecule has 1 unspecified atom stereocenters. The molecule has 8 heavy (non-hydrogen) atoms. The van der Waals surface area contributed by atoms with Gasteiger partial charge in [-0.15, -0.1) is 0 Å². The minimum Gasteiger partial charge on any atom is -0.373 e.